The molecule has 0 bridgehead atoms. The predicted molar refractivity (Wildman–Crippen MR) is 99.2 cm³/mol. The fraction of sp³-hybridized carbons (Fsp3) is 0.316. The van der Waals surface area contributed by atoms with Gasteiger partial charge < -0.3 is 10.5 Å². The number of ether oxygens (including phenoxy) is 1. The van der Waals surface area contributed by atoms with E-state index in [0.717, 1.165) is 11.1 Å². The first-order chi connectivity index (χ1) is 12.3. The van der Waals surface area contributed by atoms with E-state index in [1.54, 1.807) is 12.1 Å². The average Bonchev–Trinajstić information content (AvgIpc) is 2.61. The van der Waals surface area contributed by atoms with Crippen molar-refractivity contribution < 1.29 is 14.5 Å². The number of benzene rings is 2. The third-order valence-electron chi connectivity index (χ3n) is 4.04. The first kappa shape index (κ1) is 19.6. The number of Topliss-reactive ketones (excluding diaryl/α,β-unsaturated/α-hetero) is 1. The normalized spacial score (nSPS) is 11.8. The van der Waals surface area contributed by atoms with Gasteiger partial charge in [0.05, 0.1) is 17.6 Å². The fourth-order valence-corrected chi connectivity index (χ4v) is 2.34. The molecule has 0 aliphatic carbocycles. The fourth-order valence-electron chi connectivity index (χ4n) is 2.34. The molecule has 0 spiro atoms. The lowest BCUT2D eigenvalue weighted by Gasteiger charge is -2.14. The molecular formula is C19H23N3O4. The summed E-state index contributed by atoms with van der Waals surface area (Å²) in [6.07, 6.45) is 0.0329. The Morgan fingerprint density at radius 3 is 2.50 bits per heavy atom. The van der Waals surface area contributed by atoms with E-state index in [4.69, 9.17) is 10.5 Å². The van der Waals surface area contributed by atoms with Crippen LogP contribution in [0.4, 0.5) is 5.69 Å². The Balaban J connectivity index is 1.73. The summed E-state index contributed by atoms with van der Waals surface area (Å²) < 4.78 is 5.50. The van der Waals surface area contributed by atoms with Gasteiger partial charge in [0.1, 0.15) is 12.4 Å². The molecule has 2 aromatic carbocycles. The summed E-state index contributed by atoms with van der Waals surface area (Å²) in [5.74, 6) is 0.555. The highest BCUT2D eigenvalue weighted by Gasteiger charge is 2.10. The third kappa shape index (κ3) is 5.94. The average molecular weight is 357 g/mol. The van der Waals surface area contributed by atoms with Crippen molar-refractivity contribution in [2.75, 3.05) is 13.2 Å². The monoisotopic (exact) mass is 357 g/mol. The van der Waals surface area contributed by atoms with Gasteiger partial charge in [-0.2, -0.15) is 0 Å². The minimum absolute atomic E-state index is 0.0280. The number of nitrogens with zero attached hydrogens (tertiary/aromatic N) is 1. The lowest BCUT2D eigenvalue weighted by atomic mass is 10.1. The van der Waals surface area contributed by atoms with E-state index in [0.29, 0.717) is 12.2 Å². The summed E-state index contributed by atoms with van der Waals surface area (Å²) >= 11 is 0. The second-order valence-electron chi connectivity index (χ2n) is 6.19. The van der Waals surface area contributed by atoms with E-state index < -0.39 is 11.1 Å². The summed E-state index contributed by atoms with van der Waals surface area (Å²) in [7, 11) is 0. The molecule has 2 aromatic rings. The van der Waals surface area contributed by atoms with Crippen molar-refractivity contribution in [1.29, 1.82) is 0 Å². The minimum atomic E-state index is -0.448. The molecule has 0 aliphatic rings. The number of nitrogens with one attached hydrogen (secondary N) is 1. The third-order valence-corrected chi connectivity index (χ3v) is 4.04. The predicted octanol–water partition coefficient (Wildman–Crippen LogP) is 2.28. The number of ketones is 1. The number of nitro benzene ring substituents is 1. The van der Waals surface area contributed by atoms with Crippen LogP contribution in [0.1, 0.15) is 16.7 Å². The Labute approximate surface area is 152 Å². The molecule has 1 atom stereocenters. The Morgan fingerprint density at radius 1 is 1.19 bits per heavy atom. The van der Waals surface area contributed by atoms with Crippen molar-refractivity contribution in [2.45, 2.75) is 26.4 Å². The molecule has 0 fully saturated rings. The maximum Gasteiger partial charge on any atom is 0.269 e. The van der Waals surface area contributed by atoms with Crippen LogP contribution in [-0.2, 0) is 11.2 Å². The largest absolute Gasteiger partial charge is 0.486 e. The topological polar surface area (TPSA) is 107 Å². The Bertz CT molecular complexity index is 775. The number of hydrogen-bond acceptors (Lipinski definition) is 6. The summed E-state index contributed by atoms with van der Waals surface area (Å²) in [5.41, 5.74) is 9.13. The zero-order valence-corrected chi connectivity index (χ0v) is 14.9. The molecule has 0 aliphatic heterocycles. The molecule has 0 aromatic heterocycles. The van der Waals surface area contributed by atoms with E-state index >= 15 is 0 Å². The standard InChI is InChI=1S/C19H23N3O4/c1-13-3-8-18(9-14(13)2)26-12-17(23)11-21-19(20)10-15-4-6-16(7-5-15)22(24)25/h3-9,19,21H,10-12,20H2,1-2H3/t19-/m0/s1. The van der Waals surface area contributed by atoms with E-state index in [-0.39, 0.29) is 24.6 Å². The number of carbonyl (C=O) groups is 1. The molecule has 0 saturated heterocycles. The van der Waals surface area contributed by atoms with Gasteiger partial charge in [0.2, 0.25) is 0 Å². The van der Waals surface area contributed by atoms with Crippen LogP contribution in [0.5, 0.6) is 5.75 Å². The van der Waals surface area contributed by atoms with Gasteiger partial charge in [-0.3, -0.25) is 20.2 Å². The zero-order valence-electron chi connectivity index (χ0n) is 14.9. The minimum Gasteiger partial charge on any atom is -0.486 e. The first-order valence-corrected chi connectivity index (χ1v) is 8.29. The maximum atomic E-state index is 11.9. The molecule has 0 amide bonds. The van der Waals surface area contributed by atoms with E-state index in [1.807, 2.05) is 32.0 Å². The van der Waals surface area contributed by atoms with Gasteiger partial charge >= 0.3 is 0 Å². The van der Waals surface area contributed by atoms with Crippen molar-refractivity contribution in [3.8, 4) is 5.75 Å². The number of hydrogen-bond donors (Lipinski definition) is 2. The molecule has 2 rings (SSSR count). The summed E-state index contributed by atoms with van der Waals surface area (Å²) in [6.45, 7) is 4.07. The van der Waals surface area contributed by atoms with Crippen molar-refractivity contribution in [1.82, 2.24) is 5.32 Å². The molecule has 3 N–H and O–H groups in total. The van der Waals surface area contributed by atoms with Crippen molar-refractivity contribution in [3.05, 3.63) is 69.3 Å². The Morgan fingerprint density at radius 2 is 1.88 bits per heavy atom. The molecule has 7 heteroatoms. The quantitative estimate of drug-likeness (QED) is 0.405. The molecule has 0 unspecified atom stereocenters. The highest BCUT2D eigenvalue weighted by Crippen LogP contribution is 2.16. The van der Waals surface area contributed by atoms with Crippen LogP contribution in [-0.4, -0.2) is 30.0 Å². The molecule has 0 radical (unpaired) electrons. The number of aryl methyl sites for hydroxylation is 2. The van der Waals surface area contributed by atoms with Gasteiger partial charge in [0.25, 0.3) is 5.69 Å². The number of rotatable bonds is 9. The molecule has 7 nitrogen and oxygen atoms in total. The summed E-state index contributed by atoms with van der Waals surface area (Å²) in [4.78, 5) is 22.1. The van der Waals surface area contributed by atoms with Crippen molar-refractivity contribution >= 4 is 11.5 Å². The van der Waals surface area contributed by atoms with Gasteiger partial charge in [-0.25, -0.2) is 0 Å². The number of non-ortho nitro benzene ring substituents is 1. The molecule has 26 heavy (non-hydrogen) atoms. The second-order valence-corrected chi connectivity index (χ2v) is 6.19. The van der Waals surface area contributed by atoms with Crippen LogP contribution in [0.25, 0.3) is 0 Å². The van der Waals surface area contributed by atoms with Crippen LogP contribution >= 0.6 is 0 Å². The van der Waals surface area contributed by atoms with Gasteiger partial charge in [0.15, 0.2) is 5.78 Å². The summed E-state index contributed by atoms with van der Waals surface area (Å²) in [5, 5.41) is 13.6. The smallest absolute Gasteiger partial charge is 0.269 e. The lowest BCUT2D eigenvalue weighted by molar-refractivity contribution is -0.384. The van der Waals surface area contributed by atoms with E-state index in [1.165, 1.54) is 17.7 Å². The van der Waals surface area contributed by atoms with Crippen molar-refractivity contribution in [2.24, 2.45) is 5.73 Å². The SMILES string of the molecule is Cc1ccc(OCC(=O)CN[C@H](N)Cc2ccc([N+](=O)[O-])cc2)cc1C. The number of nitro groups is 1. The van der Waals surface area contributed by atoms with E-state index in [2.05, 4.69) is 5.32 Å². The van der Waals surface area contributed by atoms with Gasteiger partial charge in [-0.05, 0) is 42.7 Å². The first-order valence-electron chi connectivity index (χ1n) is 8.29. The van der Waals surface area contributed by atoms with Gasteiger partial charge in [-0.15, -0.1) is 0 Å². The number of carbonyl (C=O) groups excluding carboxylic acids is 1. The second kappa shape index (κ2) is 9.07. The molecule has 0 heterocycles. The van der Waals surface area contributed by atoms with Crippen LogP contribution in [0, 0.1) is 24.0 Å². The van der Waals surface area contributed by atoms with Crippen LogP contribution < -0.4 is 15.8 Å². The molecule has 0 saturated carbocycles. The van der Waals surface area contributed by atoms with Gasteiger partial charge in [0, 0.05) is 18.6 Å². The number of nitrogens with two attached hydrogens (primary N) is 1. The molecular weight excluding hydrogens is 334 g/mol. The van der Waals surface area contributed by atoms with Crippen LogP contribution in [0.2, 0.25) is 0 Å². The van der Waals surface area contributed by atoms with E-state index in [9.17, 15) is 14.9 Å². The Hall–Kier alpha value is -2.77. The Kier molecular flexibility index (Phi) is 6.82. The van der Waals surface area contributed by atoms with Crippen LogP contribution in [0.15, 0.2) is 42.5 Å². The van der Waals surface area contributed by atoms with Gasteiger partial charge in [-0.1, -0.05) is 18.2 Å². The van der Waals surface area contributed by atoms with Crippen molar-refractivity contribution in [3.63, 3.8) is 0 Å². The highest BCUT2D eigenvalue weighted by atomic mass is 16.6. The summed E-state index contributed by atoms with van der Waals surface area (Å²) in [6, 6.07) is 11.9. The maximum absolute atomic E-state index is 11.9. The van der Waals surface area contributed by atoms with Crippen LogP contribution in [0.3, 0.4) is 0 Å². The lowest BCUT2D eigenvalue weighted by Crippen LogP contribution is -2.42. The molecule has 138 valence electrons. The highest BCUT2D eigenvalue weighted by molar-refractivity contribution is 5.82. The zero-order chi connectivity index (χ0) is 19.1.